The minimum absolute atomic E-state index is 0.373. The number of rotatable bonds is 2. The van der Waals surface area contributed by atoms with Crippen molar-refractivity contribution in [2.45, 2.75) is 6.04 Å². The smallest absolute Gasteiger partial charge is 0.169 e. The van der Waals surface area contributed by atoms with Crippen molar-refractivity contribution in [1.82, 2.24) is 0 Å². The summed E-state index contributed by atoms with van der Waals surface area (Å²) in [5.74, 6) is 0.658. The van der Waals surface area contributed by atoms with Crippen LogP contribution in [0.1, 0.15) is 17.4 Å². The topological polar surface area (TPSA) is 39.2 Å². The average molecular weight is 321 g/mol. The standard InChI is InChI=1S/C11H8BrCl2NO/c12-10-2-1-9(16-10)11(15)6-3-7(13)5-8(14)4-6/h1-5,11H,15H2. The molecule has 0 fully saturated rings. The van der Waals surface area contributed by atoms with E-state index in [1.165, 1.54) is 0 Å². The van der Waals surface area contributed by atoms with Crippen LogP contribution in [-0.4, -0.2) is 0 Å². The molecule has 2 aromatic rings. The Labute approximate surface area is 111 Å². The number of hydrogen-bond acceptors (Lipinski definition) is 2. The quantitative estimate of drug-likeness (QED) is 0.891. The first-order chi connectivity index (χ1) is 7.56. The average Bonchev–Trinajstić information content (AvgIpc) is 2.62. The van der Waals surface area contributed by atoms with Gasteiger partial charge in [-0.2, -0.15) is 0 Å². The molecule has 0 aliphatic heterocycles. The van der Waals surface area contributed by atoms with Gasteiger partial charge in [0, 0.05) is 10.0 Å². The predicted molar refractivity (Wildman–Crippen MR) is 68.9 cm³/mol. The predicted octanol–water partition coefficient (Wildman–Crippen LogP) is 4.40. The molecule has 84 valence electrons. The van der Waals surface area contributed by atoms with Gasteiger partial charge >= 0.3 is 0 Å². The molecular formula is C11H8BrCl2NO. The van der Waals surface area contributed by atoms with E-state index in [2.05, 4.69) is 15.9 Å². The molecule has 1 aromatic carbocycles. The maximum Gasteiger partial charge on any atom is 0.169 e. The zero-order valence-corrected chi connectivity index (χ0v) is 11.2. The van der Waals surface area contributed by atoms with E-state index in [0.717, 1.165) is 5.56 Å². The first-order valence-electron chi connectivity index (χ1n) is 4.53. The molecule has 2 N–H and O–H groups in total. The van der Waals surface area contributed by atoms with Crippen LogP contribution in [0.25, 0.3) is 0 Å². The van der Waals surface area contributed by atoms with Crippen molar-refractivity contribution >= 4 is 39.1 Å². The molecule has 0 spiro atoms. The van der Waals surface area contributed by atoms with Gasteiger partial charge in [0.25, 0.3) is 0 Å². The van der Waals surface area contributed by atoms with Crippen molar-refractivity contribution in [1.29, 1.82) is 0 Å². The highest BCUT2D eigenvalue weighted by Crippen LogP contribution is 2.28. The molecule has 0 aliphatic rings. The van der Waals surface area contributed by atoms with Crippen molar-refractivity contribution in [3.05, 3.63) is 56.4 Å². The number of benzene rings is 1. The first kappa shape index (κ1) is 12.0. The molecule has 0 amide bonds. The van der Waals surface area contributed by atoms with Crippen LogP contribution in [0.4, 0.5) is 0 Å². The summed E-state index contributed by atoms with van der Waals surface area (Å²) < 4.78 is 6.03. The second-order valence-electron chi connectivity index (χ2n) is 3.32. The fourth-order valence-corrected chi connectivity index (χ4v) is 2.28. The maximum absolute atomic E-state index is 6.04. The van der Waals surface area contributed by atoms with Crippen molar-refractivity contribution in [2.75, 3.05) is 0 Å². The molecule has 1 unspecified atom stereocenters. The van der Waals surface area contributed by atoms with E-state index in [-0.39, 0.29) is 6.04 Å². The summed E-state index contributed by atoms with van der Waals surface area (Å²) >= 11 is 15.0. The van der Waals surface area contributed by atoms with Crippen molar-refractivity contribution in [2.24, 2.45) is 5.73 Å². The molecular weight excluding hydrogens is 313 g/mol. The minimum atomic E-state index is -0.373. The van der Waals surface area contributed by atoms with E-state index < -0.39 is 0 Å². The summed E-state index contributed by atoms with van der Waals surface area (Å²) in [6, 6.07) is 8.44. The largest absolute Gasteiger partial charge is 0.452 e. The molecule has 2 nitrogen and oxygen atoms in total. The van der Waals surface area contributed by atoms with Crippen molar-refractivity contribution < 1.29 is 4.42 Å². The highest BCUT2D eigenvalue weighted by Gasteiger charge is 2.14. The third-order valence-electron chi connectivity index (χ3n) is 2.14. The van der Waals surface area contributed by atoms with Gasteiger partial charge in [-0.25, -0.2) is 0 Å². The van der Waals surface area contributed by atoms with Crippen LogP contribution in [0.2, 0.25) is 10.0 Å². The summed E-state index contributed by atoms with van der Waals surface area (Å²) in [6.45, 7) is 0. The molecule has 1 heterocycles. The van der Waals surface area contributed by atoms with Gasteiger partial charge in [-0.3, -0.25) is 0 Å². The van der Waals surface area contributed by atoms with E-state index in [1.54, 1.807) is 24.3 Å². The van der Waals surface area contributed by atoms with Crippen molar-refractivity contribution in [3.8, 4) is 0 Å². The number of nitrogens with two attached hydrogens (primary N) is 1. The van der Waals surface area contributed by atoms with Gasteiger partial charge in [0.2, 0.25) is 0 Å². The van der Waals surface area contributed by atoms with E-state index in [4.69, 9.17) is 33.4 Å². The van der Waals surface area contributed by atoms with Crippen LogP contribution in [0, 0.1) is 0 Å². The Bertz CT molecular complexity index is 492. The number of furan rings is 1. The summed E-state index contributed by atoms with van der Waals surface area (Å²) in [5, 5.41) is 1.12. The van der Waals surface area contributed by atoms with Crippen LogP contribution >= 0.6 is 39.1 Å². The Balaban J connectivity index is 2.37. The Morgan fingerprint density at radius 1 is 1.12 bits per heavy atom. The highest BCUT2D eigenvalue weighted by atomic mass is 79.9. The lowest BCUT2D eigenvalue weighted by Crippen LogP contribution is -2.10. The fourth-order valence-electron chi connectivity index (χ4n) is 1.41. The van der Waals surface area contributed by atoms with Gasteiger partial charge in [-0.1, -0.05) is 23.2 Å². The van der Waals surface area contributed by atoms with Crippen LogP contribution in [0.3, 0.4) is 0 Å². The maximum atomic E-state index is 6.04. The van der Waals surface area contributed by atoms with Gasteiger partial charge in [0.15, 0.2) is 4.67 Å². The van der Waals surface area contributed by atoms with Gasteiger partial charge in [0.05, 0.1) is 6.04 Å². The van der Waals surface area contributed by atoms with Crippen LogP contribution in [0.15, 0.2) is 39.4 Å². The van der Waals surface area contributed by atoms with Crippen LogP contribution < -0.4 is 5.73 Å². The molecule has 16 heavy (non-hydrogen) atoms. The van der Waals surface area contributed by atoms with Gasteiger partial charge < -0.3 is 10.2 Å². The summed E-state index contributed by atoms with van der Waals surface area (Å²) in [7, 11) is 0. The zero-order valence-electron chi connectivity index (χ0n) is 8.08. The van der Waals surface area contributed by atoms with E-state index in [0.29, 0.717) is 20.5 Å². The van der Waals surface area contributed by atoms with Gasteiger partial charge in [-0.05, 0) is 51.8 Å². The van der Waals surface area contributed by atoms with Gasteiger partial charge in [0.1, 0.15) is 5.76 Å². The van der Waals surface area contributed by atoms with E-state index >= 15 is 0 Å². The highest BCUT2D eigenvalue weighted by molar-refractivity contribution is 9.10. The molecule has 0 radical (unpaired) electrons. The third-order valence-corrected chi connectivity index (χ3v) is 3.01. The molecule has 5 heteroatoms. The monoisotopic (exact) mass is 319 g/mol. The lowest BCUT2D eigenvalue weighted by Gasteiger charge is -2.10. The minimum Gasteiger partial charge on any atom is -0.452 e. The Kier molecular flexibility index (Phi) is 3.60. The second kappa shape index (κ2) is 4.80. The Morgan fingerprint density at radius 3 is 2.25 bits per heavy atom. The normalized spacial score (nSPS) is 12.8. The van der Waals surface area contributed by atoms with E-state index in [9.17, 15) is 0 Å². The summed E-state index contributed by atoms with van der Waals surface area (Å²) in [4.78, 5) is 0. The number of halogens is 3. The van der Waals surface area contributed by atoms with Crippen molar-refractivity contribution in [3.63, 3.8) is 0 Å². The SMILES string of the molecule is NC(c1cc(Cl)cc(Cl)c1)c1ccc(Br)o1. The second-order valence-corrected chi connectivity index (χ2v) is 4.98. The number of hydrogen-bond donors (Lipinski definition) is 1. The third kappa shape index (κ3) is 2.61. The molecule has 1 atom stereocenters. The molecule has 0 aliphatic carbocycles. The Morgan fingerprint density at radius 2 is 1.75 bits per heavy atom. The fraction of sp³-hybridized carbons (Fsp3) is 0.0909. The molecule has 2 rings (SSSR count). The molecule has 0 saturated carbocycles. The molecule has 0 bridgehead atoms. The van der Waals surface area contributed by atoms with Crippen LogP contribution in [-0.2, 0) is 0 Å². The first-order valence-corrected chi connectivity index (χ1v) is 6.08. The van der Waals surface area contributed by atoms with Gasteiger partial charge in [-0.15, -0.1) is 0 Å². The van der Waals surface area contributed by atoms with E-state index in [1.807, 2.05) is 6.07 Å². The lowest BCUT2D eigenvalue weighted by molar-refractivity contribution is 0.470. The summed E-state index contributed by atoms with van der Waals surface area (Å²) in [6.07, 6.45) is 0. The lowest BCUT2D eigenvalue weighted by atomic mass is 10.1. The zero-order chi connectivity index (χ0) is 11.7. The summed E-state index contributed by atoms with van der Waals surface area (Å²) in [5.41, 5.74) is 6.85. The van der Waals surface area contributed by atoms with Crippen LogP contribution in [0.5, 0.6) is 0 Å². The molecule has 1 aromatic heterocycles. The molecule has 0 saturated heterocycles. The Hall–Kier alpha value is -0.480.